The lowest BCUT2D eigenvalue weighted by molar-refractivity contribution is 0.0946. The van der Waals surface area contributed by atoms with Gasteiger partial charge >= 0.3 is 0 Å². The van der Waals surface area contributed by atoms with Crippen LogP contribution < -0.4 is 14.8 Å². The molecule has 0 fully saturated rings. The Kier molecular flexibility index (Phi) is 4.52. The average molecular weight is 332 g/mol. The van der Waals surface area contributed by atoms with Crippen LogP contribution >= 0.6 is 11.3 Å². The average Bonchev–Trinajstić information content (AvgIpc) is 3.09. The number of fused-ring (bicyclic) bond motifs is 1. The Balaban J connectivity index is 1.76. The number of carbonyl (C=O) groups excluding carboxylic acids is 1. The molecule has 0 saturated carbocycles. The number of nitrogens with one attached hydrogen (secondary N) is 1. The lowest BCUT2D eigenvalue weighted by atomic mass is 10.1. The molecular formula is C17H20N2O3S. The summed E-state index contributed by atoms with van der Waals surface area (Å²) >= 11 is 1.47. The first-order valence-electron chi connectivity index (χ1n) is 7.72. The first-order valence-corrected chi connectivity index (χ1v) is 8.60. The highest BCUT2D eigenvalue weighted by atomic mass is 32.1. The fourth-order valence-electron chi connectivity index (χ4n) is 2.64. The standard InChI is InChI=1S/C17H20N2O3S/c1-4-21-15-6-12-5-10(2)22-16(12)7-13(15)8-18-17(20)14-9-23-11(3)19-14/h6-7,9-10H,4-5,8H2,1-3H3,(H,18,20)/t10-/m1/s1. The number of thiazole rings is 1. The molecule has 1 atom stereocenters. The van der Waals surface area contributed by atoms with Crippen LogP contribution in [0.2, 0.25) is 0 Å². The lowest BCUT2D eigenvalue weighted by Gasteiger charge is -2.13. The quantitative estimate of drug-likeness (QED) is 0.914. The van der Waals surface area contributed by atoms with Crippen LogP contribution in [-0.2, 0) is 13.0 Å². The van der Waals surface area contributed by atoms with Gasteiger partial charge in [0.2, 0.25) is 0 Å². The van der Waals surface area contributed by atoms with Gasteiger partial charge in [-0.3, -0.25) is 4.79 Å². The van der Waals surface area contributed by atoms with E-state index in [1.165, 1.54) is 11.3 Å². The molecule has 0 aliphatic carbocycles. The maximum atomic E-state index is 12.1. The van der Waals surface area contributed by atoms with Gasteiger partial charge in [0, 0.05) is 29.5 Å². The molecule has 122 valence electrons. The number of rotatable bonds is 5. The van der Waals surface area contributed by atoms with Gasteiger partial charge < -0.3 is 14.8 Å². The van der Waals surface area contributed by atoms with Crippen LogP contribution in [0, 0.1) is 6.92 Å². The summed E-state index contributed by atoms with van der Waals surface area (Å²) in [4.78, 5) is 16.3. The van der Waals surface area contributed by atoms with E-state index >= 15 is 0 Å². The van der Waals surface area contributed by atoms with Gasteiger partial charge in [-0.1, -0.05) is 0 Å². The van der Waals surface area contributed by atoms with Gasteiger partial charge in [0.15, 0.2) is 0 Å². The fourth-order valence-corrected chi connectivity index (χ4v) is 3.24. The van der Waals surface area contributed by atoms with Crippen molar-refractivity contribution in [1.82, 2.24) is 10.3 Å². The van der Waals surface area contributed by atoms with E-state index in [4.69, 9.17) is 9.47 Å². The number of nitrogens with zero attached hydrogens (tertiary/aromatic N) is 1. The molecule has 1 amide bonds. The Morgan fingerprint density at radius 1 is 1.52 bits per heavy atom. The summed E-state index contributed by atoms with van der Waals surface area (Å²) in [5.41, 5.74) is 2.53. The Labute approximate surface area is 139 Å². The third-order valence-corrected chi connectivity index (χ3v) is 4.44. The largest absolute Gasteiger partial charge is 0.494 e. The van der Waals surface area contributed by atoms with Crippen molar-refractivity contribution in [2.75, 3.05) is 6.61 Å². The number of hydrogen-bond acceptors (Lipinski definition) is 5. The molecule has 2 heterocycles. The zero-order valence-corrected chi connectivity index (χ0v) is 14.3. The van der Waals surface area contributed by atoms with Crippen LogP contribution in [0.4, 0.5) is 0 Å². The minimum Gasteiger partial charge on any atom is -0.494 e. The molecule has 0 saturated heterocycles. The predicted molar refractivity (Wildman–Crippen MR) is 89.4 cm³/mol. The van der Waals surface area contributed by atoms with Gasteiger partial charge in [-0.15, -0.1) is 11.3 Å². The molecule has 1 aromatic heterocycles. The zero-order chi connectivity index (χ0) is 16.4. The highest BCUT2D eigenvalue weighted by Crippen LogP contribution is 2.35. The van der Waals surface area contributed by atoms with Crippen molar-refractivity contribution in [2.45, 2.75) is 39.8 Å². The topological polar surface area (TPSA) is 60.5 Å². The minimum absolute atomic E-state index is 0.174. The summed E-state index contributed by atoms with van der Waals surface area (Å²) in [6.45, 7) is 6.85. The van der Waals surface area contributed by atoms with E-state index < -0.39 is 0 Å². The summed E-state index contributed by atoms with van der Waals surface area (Å²) in [7, 11) is 0. The van der Waals surface area contributed by atoms with Crippen LogP contribution in [0.3, 0.4) is 0 Å². The monoisotopic (exact) mass is 332 g/mol. The SMILES string of the molecule is CCOc1cc2c(cc1CNC(=O)c1csc(C)n1)O[C@H](C)C2. The number of aryl methyl sites for hydroxylation is 1. The smallest absolute Gasteiger partial charge is 0.271 e. The molecule has 6 heteroatoms. The van der Waals surface area contributed by atoms with Crippen LogP contribution in [0.1, 0.15) is 40.5 Å². The first-order chi connectivity index (χ1) is 11.1. The van der Waals surface area contributed by atoms with Crippen molar-refractivity contribution in [3.63, 3.8) is 0 Å². The number of hydrogen-bond donors (Lipinski definition) is 1. The van der Waals surface area contributed by atoms with Crippen LogP contribution in [0.25, 0.3) is 0 Å². The summed E-state index contributed by atoms with van der Waals surface area (Å²) in [6, 6.07) is 3.99. The molecule has 0 unspecified atom stereocenters. The highest BCUT2D eigenvalue weighted by molar-refractivity contribution is 7.09. The summed E-state index contributed by atoms with van der Waals surface area (Å²) in [5, 5.41) is 5.54. The van der Waals surface area contributed by atoms with E-state index in [9.17, 15) is 4.79 Å². The van der Waals surface area contributed by atoms with E-state index in [1.807, 2.05) is 32.9 Å². The van der Waals surface area contributed by atoms with Gasteiger partial charge in [0.1, 0.15) is 23.3 Å². The molecule has 1 aliphatic rings. The van der Waals surface area contributed by atoms with Gasteiger partial charge in [0.25, 0.3) is 5.91 Å². The van der Waals surface area contributed by atoms with E-state index in [0.29, 0.717) is 18.8 Å². The Morgan fingerprint density at radius 2 is 2.35 bits per heavy atom. The number of aromatic nitrogens is 1. The lowest BCUT2D eigenvalue weighted by Crippen LogP contribution is -2.23. The van der Waals surface area contributed by atoms with E-state index in [2.05, 4.69) is 10.3 Å². The predicted octanol–water partition coefficient (Wildman–Crippen LogP) is 3.10. The molecule has 1 aliphatic heterocycles. The van der Waals surface area contributed by atoms with Crippen molar-refractivity contribution < 1.29 is 14.3 Å². The van der Waals surface area contributed by atoms with E-state index in [-0.39, 0.29) is 12.0 Å². The highest BCUT2D eigenvalue weighted by Gasteiger charge is 2.22. The Bertz CT molecular complexity index is 727. The zero-order valence-electron chi connectivity index (χ0n) is 13.5. The summed E-state index contributed by atoms with van der Waals surface area (Å²) in [6.07, 6.45) is 1.07. The van der Waals surface area contributed by atoms with Crippen molar-refractivity contribution in [1.29, 1.82) is 0 Å². The molecular weight excluding hydrogens is 312 g/mol. The van der Waals surface area contributed by atoms with E-state index in [1.54, 1.807) is 5.38 Å². The second kappa shape index (κ2) is 6.58. The minimum atomic E-state index is -0.174. The third kappa shape index (κ3) is 3.47. The Morgan fingerprint density at radius 3 is 3.04 bits per heavy atom. The maximum Gasteiger partial charge on any atom is 0.271 e. The molecule has 1 aromatic carbocycles. The molecule has 1 N–H and O–H groups in total. The maximum absolute atomic E-state index is 12.1. The molecule has 2 aromatic rings. The Hall–Kier alpha value is -2.08. The number of ether oxygens (including phenoxy) is 2. The van der Waals surface area contributed by atoms with Crippen molar-refractivity contribution in [3.05, 3.63) is 39.3 Å². The summed E-state index contributed by atoms with van der Waals surface area (Å²) < 4.78 is 11.5. The van der Waals surface area contributed by atoms with Crippen LogP contribution in [-0.4, -0.2) is 23.6 Å². The van der Waals surface area contributed by atoms with Crippen molar-refractivity contribution in [2.24, 2.45) is 0 Å². The van der Waals surface area contributed by atoms with Crippen LogP contribution in [0.5, 0.6) is 11.5 Å². The second-order valence-electron chi connectivity index (χ2n) is 5.57. The van der Waals surface area contributed by atoms with Crippen LogP contribution in [0.15, 0.2) is 17.5 Å². The van der Waals surface area contributed by atoms with Crippen molar-refractivity contribution in [3.8, 4) is 11.5 Å². The molecule has 23 heavy (non-hydrogen) atoms. The molecule has 5 nitrogen and oxygen atoms in total. The van der Waals surface area contributed by atoms with Crippen molar-refractivity contribution >= 4 is 17.2 Å². The second-order valence-corrected chi connectivity index (χ2v) is 6.63. The summed E-state index contributed by atoms with van der Waals surface area (Å²) in [5.74, 6) is 1.51. The number of benzene rings is 1. The number of carbonyl (C=O) groups is 1. The third-order valence-electron chi connectivity index (χ3n) is 3.67. The normalized spacial score (nSPS) is 15.9. The molecule has 0 bridgehead atoms. The van der Waals surface area contributed by atoms with Gasteiger partial charge in [0.05, 0.1) is 11.6 Å². The molecule has 0 spiro atoms. The van der Waals surface area contributed by atoms with E-state index in [0.717, 1.165) is 34.1 Å². The molecule has 3 rings (SSSR count). The molecule has 0 radical (unpaired) electrons. The fraction of sp³-hybridized carbons (Fsp3) is 0.412. The number of amides is 1. The van der Waals surface area contributed by atoms with Gasteiger partial charge in [-0.05, 0) is 32.9 Å². The van der Waals surface area contributed by atoms with Gasteiger partial charge in [-0.25, -0.2) is 4.98 Å². The first kappa shape index (κ1) is 15.8. The van der Waals surface area contributed by atoms with Gasteiger partial charge in [-0.2, -0.15) is 0 Å².